The molecule has 0 aromatic heterocycles. The van der Waals surface area contributed by atoms with Crippen molar-refractivity contribution < 1.29 is 18.6 Å². The molecule has 2 rings (SSSR count). The second-order valence-corrected chi connectivity index (χ2v) is 4.03. The van der Waals surface area contributed by atoms with Crippen LogP contribution in [0, 0.1) is 0 Å². The summed E-state index contributed by atoms with van der Waals surface area (Å²) in [5.41, 5.74) is 0. The van der Waals surface area contributed by atoms with E-state index >= 15 is 0 Å². The van der Waals surface area contributed by atoms with Gasteiger partial charge in [-0.05, 0) is 6.92 Å². The van der Waals surface area contributed by atoms with Crippen molar-refractivity contribution in [1.82, 2.24) is 4.90 Å². The molecule has 1 heterocycles. The van der Waals surface area contributed by atoms with Gasteiger partial charge in [0.1, 0.15) is 24.5 Å². The lowest BCUT2D eigenvalue weighted by Gasteiger charge is -2.29. The lowest BCUT2D eigenvalue weighted by molar-refractivity contribution is -0.156. The largest absolute Gasteiger partial charge is 0.367 e. The lowest BCUT2D eigenvalue weighted by atomic mass is 10.3. The molecule has 0 aliphatic carbocycles. The van der Waals surface area contributed by atoms with E-state index in [1.54, 1.807) is 6.92 Å². The standard InChI is InChI=1S/C7H10ClNO4.C6H6/c1-5-7(11)9(2-3-12-5)4-6(10)13-8;1-2-4-6-5-3-1/h5H,2-4H2,1H3;1-6H. The van der Waals surface area contributed by atoms with E-state index in [1.165, 1.54) is 4.90 Å². The van der Waals surface area contributed by atoms with E-state index in [1.807, 2.05) is 36.4 Å². The summed E-state index contributed by atoms with van der Waals surface area (Å²) in [4.78, 5) is 23.4. The molecule has 0 bridgehead atoms. The van der Waals surface area contributed by atoms with E-state index in [9.17, 15) is 9.59 Å². The summed E-state index contributed by atoms with van der Waals surface area (Å²) in [6.45, 7) is 2.36. The molecule has 1 amide bonds. The van der Waals surface area contributed by atoms with E-state index in [2.05, 4.69) is 4.29 Å². The van der Waals surface area contributed by atoms with Crippen molar-refractivity contribution >= 4 is 23.7 Å². The molecule has 1 aliphatic rings. The zero-order valence-electron chi connectivity index (χ0n) is 10.6. The average Bonchev–Trinajstić information content (AvgIpc) is 2.46. The molecule has 5 nitrogen and oxygen atoms in total. The predicted molar refractivity (Wildman–Crippen MR) is 70.4 cm³/mol. The fourth-order valence-electron chi connectivity index (χ4n) is 1.50. The molecule has 1 aromatic carbocycles. The summed E-state index contributed by atoms with van der Waals surface area (Å²) < 4.78 is 8.99. The summed E-state index contributed by atoms with van der Waals surface area (Å²) >= 11 is 4.84. The van der Waals surface area contributed by atoms with Crippen LogP contribution in [0.25, 0.3) is 0 Å². The number of nitrogens with zero attached hydrogens (tertiary/aromatic N) is 1. The van der Waals surface area contributed by atoms with Crippen molar-refractivity contribution in [2.45, 2.75) is 13.0 Å². The average molecular weight is 286 g/mol. The van der Waals surface area contributed by atoms with Gasteiger partial charge in [0, 0.05) is 6.54 Å². The Bertz CT molecular complexity index is 372. The maximum atomic E-state index is 11.3. The van der Waals surface area contributed by atoms with Crippen LogP contribution in [-0.4, -0.2) is 42.6 Å². The van der Waals surface area contributed by atoms with Gasteiger partial charge in [-0.15, -0.1) is 0 Å². The summed E-state index contributed by atoms with van der Waals surface area (Å²) in [7, 11) is 0. The Morgan fingerprint density at radius 3 is 2.37 bits per heavy atom. The zero-order valence-corrected chi connectivity index (χ0v) is 11.4. The number of amides is 1. The first-order chi connectivity index (χ1) is 9.15. The highest BCUT2D eigenvalue weighted by atomic mass is 35.5. The Hall–Kier alpha value is -1.59. The molecule has 1 aromatic rings. The maximum Gasteiger partial charge on any atom is 0.343 e. The first-order valence-electron chi connectivity index (χ1n) is 5.87. The van der Waals surface area contributed by atoms with Crippen molar-refractivity contribution in [3.63, 3.8) is 0 Å². The third-order valence-corrected chi connectivity index (χ3v) is 2.63. The second kappa shape index (κ2) is 8.50. The number of benzene rings is 1. The fourth-order valence-corrected chi connectivity index (χ4v) is 1.55. The summed E-state index contributed by atoms with van der Waals surface area (Å²) in [5, 5.41) is 0. The van der Waals surface area contributed by atoms with Crippen LogP contribution in [0.4, 0.5) is 0 Å². The van der Waals surface area contributed by atoms with Gasteiger partial charge in [-0.1, -0.05) is 36.4 Å². The number of hydrogen-bond acceptors (Lipinski definition) is 4. The molecule has 0 N–H and O–H groups in total. The van der Waals surface area contributed by atoms with Crippen molar-refractivity contribution in [3.05, 3.63) is 36.4 Å². The van der Waals surface area contributed by atoms with Gasteiger partial charge in [-0.2, -0.15) is 0 Å². The normalized spacial score (nSPS) is 18.3. The van der Waals surface area contributed by atoms with Crippen LogP contribution in [-0.2, 0) is 18.6 Å². The molecule has 1 atom stereocenters. The van der Waals surface area contributed by atoms with Crippen LogP contribution in [0.2, 0.25) is 0 Å². The Labute approximate surface area is 117 Å². The van der Waals surface area contributed by atoms with Crippen LogP contribution in [0.3, 0.4) is 0 Å². The first-order valence-corrected chi connectivity index (χ1v) is 6.18. The third-order valence-electron chi connectivity index (χ3n) is 2.46. The van der Waals surface area contributed by atoms with Crippen molar-refractivity contribution in [1.29, 1.82) is 0 Å². The van der Waals surface area contributed by atoms with Gasteiger partial charge in [0.05, 0.1) is 6.61 Å². The Morgan fingerprint density at radius 1 is 1.37 bits per heavy atom. The molecule has 6 heteroatoms. The number of morpholine rings is 1. The van der Waals surface area contributed by atoms with Crippen LogP contribution in [0.5, 0.6) is 0 Å². The molecule has 1 unspecified atom stereocenters. The number of rotatable bonds is 2. The molecular formula is C13H16ClNO4. The van der Waals surface area contributed by atoms with Gasteiger partial charge in [-0.25, -0.2) is 4.79 Å². The van der Waals surface area contributed by atoms with E-state index in [0.717, 1.165) is 0 Å². The highest BCUT2D eigenvalue weighted by molar-refractivity contribution is 6.13. The highest BCUT2D eigenvalue weighted by Gasteiger charge is 2.27. The minimum atomic E-state index is -0.635. The van der Waals surface area contributed by atoms with Gasteiger partial charge in [0.15, 0.2) is 0 Å². The first kappa shape index (κ1) is 15.5. The minimum Gasteiger partial charge on any atom is -0.367 e. The van der Waals surface area contributed by atoms with Gasteiger partial charge in [-0.3, -0.25) is 4.79 Å². The van der Waals surface area contributed by atoms with Crippen molar-refractivity contribution in [2.75, 3.05) is 19.7 Å². The summed E-state index contributed by atoms with van der Waals surface area (Å²) in [6.07, 6.45) is -0.489. The van der Waals surface area contributed by atoms with Crippen LogP contribution >= 0.6 is 11.9 Å². The fraction of sp³-hybridized carbons (Fsp3) is 0.385. The lowest BCUT2D eigenvalue weighted by Crippen LogP contribution is -2.48. The molecule has 1 fully saturated rings. The number of carbonyl (C=O) groups excluding carboxylic acids is 2. The molecule has 0 radical (unpaired) electrons. The SMILES string of the molecule is CC1OCCN(CC(=O)OCl)C1=O.c1ccccc1. The molecule has 0 spiro atoms. The molecule has 104 valence electrons. The quantitative estimate of drug-likeness (QED) is 0.828. The third kappa shape index (κ3) is 5.72. The van der Waals surface area contributed by atoms with Gasteiger partial charge >= 0.3 is 5.97 Å². The van der Waals surface area contributed by atoms with Gasteiger partial charge in [0.25, 0.3) is 5.91 Å². The van der Waals surface area contributed by atoms with Crippen molar-refractivity contribution in [3.8, 4) is 0 Å². The number of carbonyl (C=O) groups is 2. The minimum absolute atomic E-state index is 0.115. The summed E-state index contributed by atoms with van der Waals surface area (Å²) in [6, 6.07) is 12.0. The Kier molecular flexibility index (Phi) is 6.92. The summed E-state index contributed by atoms with van der Waals surface area (Å²) in [5.74, 6) is -0.850. The van der Waals surface area contributed by atoms with E-state index in [0.29, 0.717) is 13.2 Å². The molecule has 0 saturated carbocycles. The second-order valence-electron chi connectivity index (χ2n) is 3.88. The van der Waals surface area contributed by atoms with E-state index < -0.39 is 12.1 Å². The predicted octanol–water partition coefficient (Wildman–Crippen LogP) is 1.62. The Morgan fingerprint density at radius 2 is 1.89 bits per heavy atom. The van der Waals surface area contributed by atoms with E-state index in [-0.39, 0.29) is 12.5 Å². The van der Waals surface area contributed by atoms with Crippen LogP contribution in [0.1, 0.15) is 6.92 Å². The molecule has 1 aliphatic heterocycles. The molecule has 19 heavy (non-hydrogen) atoms. The maximum absolute atomic E-state index is 11.3. The number of hydrogen-bond donors (Lipinski definition) is 0. The number of halogens is 1. The topological polar surface area (TPSA) is 55.8 Å². The number of ether oxygens (including phenoxy) is 1. The van der Waals surface area contributed by atoms with Crippen LogP contribution < -0.4 is 0 Å². The zero-order chi connectivity index (χ0) is 14.1. The van der Waals surface area contributed by atoms with E-state index in [4.69, 9.17) is 16.6 Å². The molecular weight excluding hydrogens is 270 g/mol. The molecule has 1 saturated heterocycles. The van der Waals surface area contributed by atoms with Gasteiger partial charge < -0.3 is 13.9 Å². The van der Waals surface area contributed by atoms with Crippen LogP contribution in [0.15, 0.2) is 36.4 Å². The van der Waals surface area contributed by atoms with Crippen molar-refractivity contribution in [2.24, 2.45) is 0 Å². The van der Waals surface area contributed by atoms with Gasteiger partial charge in [0.2, 0.25) is 0 Å². The monoisotopic (exact) mass is 285 g/mol. The Balaban J connectivity index is 0.000000250. The smallest absolute Gasteiger partial charge is 0.343 e. The highest BCUT2D eigenvalue weighted by Crippen LogP contribution is 2.06.